The topological polar surface area (TPSA) is 102 Å². The van der Waals surface area contributed by atoms with Crippen LogP contribution in [0.1, 0.15) is 36.1 Å². The van der Waals surface area contributed by atoms with Gasteiger partial charge < -0.3 is 9.32 Å². The van der Waals surface area contributed by atoms with Crippen molar-refractivity contribution in [3.8, 4) is 0 Å². The summed E-state index contributed by atoms with van der Waals surface area (Å²) in [4.78, 5) is 14.6. The number of furan rings is 1. The Hall–Kier alpha value is -2.13. The third kappa shape index (κ3) is 4.64. The van der Waals surface area contributed by atoms with E-state index in [9.17, 15) is 21.6 Å². The zero-order valence-corrected chi connectivity index (χ0v) is 17.2. The minimum absolute atomic E-state index is 0.0241. The Morgan fingerprint density at radius 2 is 1.89 bits per heavy atom. The van der Waals surface area contributed by atoms with Crippen LogP contribution in [0.5, 0.6) is 0 Å². The van der Waals surface area contributed by atoms with Crippen molar-refractivity contribution in [3.63, 3.8) is 0 Å². The standard InChI is InChI=1S/C19H23NO6S2/c1-2-11-20(15-10-12-27(22,23)13-15)19(21)18-9-8-16(26-18)14-28(24,25)17-6-4-3-5-7-17/h3-9,15H,2,10-14H2,1H3. The van der Waals surface area contributed by atoms with Crippen molar-refractivity contribution in [3.05, 3.63) is 54.0 Å². The van der Waals surface area contributed by atoms with E-state index in [2.05, 4.69) is 0 Å². The van der Waals surface area contributed by atoms with Crippen LogP contribution in [-0.4, -0.2) is 51.7 Å². The normalized spacial score (nSPS) is 18.8. The average Bonchev–Trinajstić information content (AvgIpc) is 3.25. The molecule has 1 atom stereocenters. The second kappa shape index (κ2) is 8.08. The number of carbonyl (C=O) groups is 1. The summed E-state index contributed by atoms with van der Waals surface area (Å²) < 4.78 is 54.0. The van der Waals surface area contributed by atoms with Gasteiger partial charge in [0.25, 0.3) is 5.91 Å². The highest BCUT2D eigenvalue weighted by molar-refractivity contribution is 7.91. The van der Waals surface area contributed by atoms with Crippen LogP contribution < -0.4 is 0 Å². The van der Waals surface area contributed by atoms with Crippen LogP contribution in [0.15, 0.2) is 51.8 Å². The number of rotatable bonds is 7. The first-order valence-corrected chi connectivity index (χ1v) is 12.6. The van der Waals surface area contributed by atoms with Gasteiger partial charge in [-0.2, -0.15) is 0 Å². The van der Waals surface area contributed by atoms with Gasteiger partial charge in [0.2, 0.25) is 0 Å². The Kier molecular flexibility index (Phi) is 5.95. The molecule has 0 N–H and O–H groups in total. The predicted molar refractivity (Wildman–Crippen MR) is 104 cm³/mol. The molecule has 1 aliphatic heterocycles. The van der Waals surface area contributed by atoms with Crippen LogP contribution in [0.4, 0.5) is 0 Å². The van der Waals surface area contributed by atoms with Crippen molar-refractivity contribution in [1.82, 2.24) is 4.90 Å². The fourth-order valence-electron chi connectivity index (χ4n) is 3.32. The van der Waals surface area contributed by atoms with Gasteiger partial charge in [-0.15, -0.1) is 0 Å². The van der Waals surface area contributed by atoms with E-state index in [1.165, 1.54) is 29.2 Å². The number of carbonyl (C=O) groups excluding carboxylic acids is 1. The summed E-state index contributed by atoms with van der Waals surface area (Å²) in [5.74, 6) is -0.542. The zero-order chi connectivity index (χ0) is 20.4. The van der Waals surface area contributed by atoms with Gasteiger partial charge in [-0.3, -0.25) is 4.79 Å². The maximum Gasteiger partial charge on any atom is 0.289 e. The number of amides is 1. The van der Waals surface area contributed by atoms with E-state index in [1.54, 1.807) is 18.2 Å². The van der Waals surface area contributed by atoms with E-state index in [0.29, 0.717) is 19.4 Å². The summed E-state index contributed by atoms with van der Waals surface area (Å²) in [6, 6.07) is 10.6. The molecular weight excluding hydrogens is 402 g/mol. The summed E-state index contributed by atoms with van der Waals surface area (Å²) >= 11 is 0. The summed E-state index contributed by atoms with van der Waals surface area (Å²) in [7, 11) is -6.71. The number of nitrogens with zero attached hydrogens (tertiary/aromatic N) is 1. The molecule has 2 aromatic rings. The molecule has 1 aromatic heterocycles. The van der Waals surface area contributed by atoms with E-state index < -0.39 is 25.6 Å². The molecule has 152 valence electrons. The van der Waals surface area contributed by atoms with Gasteiger partial charge in [-0.05, 0) is 37.1 Å². The Morgan fingerprint density at radius 1 is 1.18 bits per heavy atom. The van der Waals surface area contributed by atoms with Gasteiger partial charge in [0.05, 0.1) is 16.4 Å². The molecule has 7 nitrogen and oxygen atoms in total. The molecular formula is C19H23NO6S2. The minimum atomic E-state index is -3.59. The van der Waals surface area contributed by atoms with Crippen LogP contribution in [0.3, 0.4) is 0 Å². The van der Waals surface area contributed by atoms with Crippen LogP contribution in [-0.2, 0) is 25.4 Å². The Bertz CT molecular complexity index is 1040. The van der Waals surface area contributed by atoms with Gasteiger partial charge in [0, 0.05) is 12.6 Å². The van der Waals surface area contributed by atoms with E-state index in [-0.39, 0.29) is 39.7 Å². The number of hydrogen-bond donors (Lipinski definition) is 0. The van der Waals surface area contributed by atoms with Crippen molar-refractivity contribution in [2.24, 2.45) is 0 Å². The number of sulfone groups is 2. The molecule has 1 saturated heterocycles. The fraction of sp³-hybridized carbons (Fsp3) is 0.421. The molecule has 2 heterocycles. The molecule has 28 heavy (non-hydrogen) atoms. The van der Waals surface area contributed by atoms with Crippen LogP contribution in [0.2, 0.25) is 0 Å². The predicted octanol–water partition coefficient (Wildman–Crippen LogP) is 2.29. The minimum Gasteiger partial charge on any atom is -0.455 e. The monoisotopic (exact) mass is 425 g/mol. The average molecular weight is 426 g/mol. The van der Waals surface area contributed by atoms with Gasteiger partial charge in [0.1, 0.15) is 11.5 Å². The number of hydrogen-bond acceptors (Lipinski definition) is 6. The molecule has 1 aliphatic rings. The van der Waals surface area contributed by atoms with E-state index in [4.69, 9.17) is 4.42 Å². The second-order valence-corrected chi connectivity index (χ2v) is 11.1. The first kappa shape index (κ1) is 20.6. The molecule has 1 unspecified atom stereocenters. The summed E-state index contributed by atoms with van der Waals surface area (Å²) in [6.45, 7) is 2.32. The lowest BCUT2D eigenvalue weighted by Crippen LogP contribution is -2.41. The van der Waals surface area contributed by atoms with Gasteiger partial charge in [-0.25, -0.2) is 16.8 Å². The van der Waals surface area contributed by atoms with Crippen molar-refractivity contribution in [2.45, 2.75) is 36.5 Å². The zero-order valence-electron chi connectivity index (χ0n) is 15.6. The van der Waals surface area contributed by atoms with Gasteiger partial charge >= 0.3 is 0 Å². The first-order chi connectivity index (χ1) is 13.2. The third-order valence-electron chi connectivity index (χ3n) is 4.68. The van der Waals surface area contributed by atoms with E-state index in [1.807, 2.05) is 6.92 Å². The molecule has 0 spiro atoms. The SMILES string of the molecule is CCCN(C(=O)c1ccc(CS(=O)(=O)c2ccccc2)o1)C1CCS(=O)(=O)C1. The molecule has 0 saturated carbocycles. The van der Waals surface area contributed by atoms with Crippen LogP contribution >= 0.6 is 0 Å². The number of benzene rings is 1. The Morgan fingerprint density at radius 3 is 2.50 bits per heavy atom. The lowest BCUT2D eigenvalue weighted by Gasteiger charge is -2.26. The molecule has 1 aromatic carbocycles. The summed E-state index contributed by atoms with van der Waals surface area (Å²) in [5, 5.41) is 0. The third-order valence-corrected chi connectivity index (χ3v) is 8.09. The molecule has 1 amide bonds. The lowest BCUT2D eigenvalue weighted by molar-refractivity contribution is 0.0663. The highest BCUT2D eigenvalue weighted by atomic mass is 32.2. The van der Waals surface area contributed by atoms with Gasteiger partial charge in [-0.1, -0.05) is 25.1 Å². The largest absolute Gasteiger partial charge is 0.455 e. The molecule has 0 radical (unpaired) electrons. The molecule has 3 rings (SSSR count). The quantitative estimate of drug-likeness (QED) is 0.674. The lowest BCUT2D eigenvalue weighted by atomic mass is 10.2. The second-order valence-electron chi connectivity index (χ2n) is 6.89. The highest BCUT2D eigenvalue weighted by Crippen LogP contribution is 2.23. The summed E-state index contributed by atoms with van der Waals surface area (Å²) in [6.07, 6.45) is 1.09. The highest BCUT2D eigenvalue weighted by Gasteiger charge is 2.35. The van der Waals surface area contributed by atoms with Gasteiger partial charge in [0.15, 0.2) is 25.4 Å². The molecule has 0 bridgehead atoms. The van der Waals surface area contributed by atoms with Crippen LogP contribution in [0.25, 0.3) is 0 Å². The molecule has 9 heteroatoms. The Balaban J connectivity index is 1.77. The molecule has 1 fully saturated rings. The maximum atomic E-state index is 12.9. The molecule has 0 aliphatic carbocycles. The van der Waals surface area contributed by atoms with Crippen molar-refractivity contribution in [1.29, 1.82) is 0 Å². The maximum absolute atomic E-state index is 12.9. The van der Waals surface area contributed by atoms with E-state index >= 15 is 0 Å². The van der Waals surface area contributed by atoms with Crippen molar-refractivity contribution in [2.75, 3.05) is 18.1 Å². The Labute approximate surface area is 165 Å². The van der Waals surface area contributed by atoms with Crippen molar-refractivity contribution < 1.29 is 26.0 Å². The summed E-state index contributed by atoms with van der Waals surface area (Å²) in [5.41, 5.74) is 0. The fourth-order valence-corrected chi connectivity index (χ4v) is 6.32. The van der Waals surface area contributed by atoms with Crippen molar-refractivity contribution >= 4 is 25.6 Å². The smallest absolute Gasteiger partial charge is 0.289 e. The van der Waals surface area contributed by atoms with Crippen LogP contribution in [0, 0.1) is 0 Å². The van der Waals surface area contributed by atoms with E-state index in [0.717, 1.165) is 0 Å². The first-order valence-electron chi connectivity index (χ1n) is 9.10.